The monoisotopic (exact) mass is 416 g/mol. The number of carbonyl (C=O) groups is 1. The summed E-state index contributed by atoms with van der Waals surface area (Å²) >= 11 is 0. The molecule has 2 rings (SSSR count). The second-order valence-electron chi connectivity index (χ2n) is 8.67. The normalized spacial score (nSPS) is 14.2. The highest BCUT2D eigenvalue weighted by Crippen LogP contribution is 2.25. The van der Waals surface area contributed by atoms with Gasteiger partial charge in [-0.15, -0.1) is 0 Å². The van der Waals surface area contributed by atoms with Crippen LogP contribution in [0.25, 0.3) is 0 Å². The number of aryl methyl sites for hydroxylation is 1. The molecule has 0 saturated heterocycles. The van der Waals surface area contributed by atoms with Gasteiger partial charge in [0.1, 0.15) is 6.04 Å². The minimum atomic E-state index is -3.62. The average molecular weight is 417 g/mol. The van der Waals surface area contributed by atoms with Crippen molar-refractivity contribution in [3.05, 3.63) is 65.2 Å². The lowest BCUT2D eigenvalue weighted by atomic mass is 9.86. The van der Waals surface area contributed by atoms with Crippen molar-refractivity contribution in [3.8, 4) is 0 Å². The summed E-state index contributed by atoms with van der Waals surface area (Å²) in [5.74, 6) is -0.344. The number of anilines is 1. The third-order valence-electron chi connectivity index (χ3n) is 5.01. The average Bonchev–Trinajstić information content (AvgIpc) is 2.61. The summed E-state index contributed by atoms with van der Waals surface area (Å²) in [6.07, 6.45) is 1.12. The number of amides is 1. The van der Waals surface area contributed by atoms with Gasteiger partial charge < -0.3 is 5.32 Å². The lowest BCUT2D eigenvalue weighted by Crippen LogP contribution is -2.48. The molecule has 6 heteroatoms. The van der Waals surface area contributed by atoms with Gasteiger partial charge in [0, 0.05) is 0 Å². The summed E-state index contributed by atoms with van der Waals surface area (Å²) in [4.78, 5) is 12.9. The smallest absolute Gasteiger partial charge is 0.244 e. The van der Waals surface area contributed by atoms with Crippen LogP contribution in [0, 0.1) is 6.92 Å². The molecule has 2 aromatic rings. The summed E-state index contributed by atoms with van der Waals surface area (Å²) in [5.41, 5.74) is 3.74. The molecular formula is C23H32N2O3S. The highest BCUT2D eigenvalue weighted by Gasteiger charge is 2.29. The van der Waals surface area contributed by atoms with Crippen LogP contribution in [0.15, 0.2) is 48.5 Å². The van der Waals surface area contributed by atoms with E-state index in [1.54, 1.807) is 19.1 Å². The number of sulfonamides is 1. The largest absolute Gasteiger partial charge is 0.348 e. The summed E-state index contributed by atoms with van der Waals surface area (Å²) < 4.78 is 26.0. The van der Waals surface area contributed by atoms with E-state index < -0.39 is 16.1 Å². The van der Waals surface area contributed by atoms with Crippen LogP contribution >= 0.6 is 0 Å². The van der Waals surface area contributed by atoms with Crippen LogP contribution in [0.5, 0.6) is 0 Å². The molecule has 0 bridgehead atoms. The van der Waals surface area contributed by atoms with Crippen LogP contribution < -0.4 is 9.62 Å². The Morgan fingerprint density at radius 1 is 0.966 bits per heavy atom. The fraction of sp³-hybridized carbons (Fsp3) is 0.435. The molecule has 0 aromatic heterocycles. The van der Waals surface area contributed by atoms with Crippen LogP contribution in [0.3, 0.4) is 0 Å². The lowest BCUT2D eigenvalue weighted by Gasteiger charge is -2.29. The van der Waals surface area contributed by atoms with Crippen LogP contribution in [-0.2, 0) is 20.2 Å². The molecule has 0 heterocycles. The second kappa shape index (κ2) is 8.57. The SMILES string of the molecule is Cc1ccc(N([C@H](C)C(=O)N[C@@H](C)c2ccc(C(C)(C)C)cc2)S(C)(=O)=O)cc1. The van der Waals surface area contributed by atoms with Crippen LogP contribution in [0.4, 0.5) is 5.69 Å². The van der Waals surface area contributed by atoms with Gasteiger partial charge in [-0.05, 0) is 49.4 Å². The van der Waals surface area contributed by atoms with E-state index in [0.717, 1.165) is 21.7 Å². The highest BCUT2D eigenvalue weighted by atomic mass is 32.2. The van der Waals surface area contributed by atoms with E-state index in [1.807, 2.05) is 38.1 Å². The first-order valence-corrected chi connectivity index (χ1v) is 11.6. The summed E-state index contributed by atoms with van der Waals surface area (Å²) in [6, 6.07) is 14.1. The Hall–Kier alpha value is -2.34. The second-order valence-corrected chi connectivity index (χ2v) is 10.5. The van der Waals surface area contributed by atoms with Gasteiger partial charge in [0.15, 0.2) is 0 Å². The van der Waals surface area contributed by atoms with Crippen molar-refractivity contribution < 1.29 is 13.2 Å². The first kappa shape index (κ1) is 22.9. The maximum Gasteiger partial charge on any atom is 0.244 e. The minimum absolute atomic E-state index is 0.0591. The molecule has 0 saturated carbocycles. The number of nitrogens with one attached hydrogen (secondary N) is 1. The van der Waals surface area contributed by atoms with Gasteiger partial charge in [0.25, 0.3) is 0 Å². The molecule has 5 nitrogen and oxygen atoms in total. The van der Waals surface area contributed by atoms with E-state index in [2.05, 4.69) is 38.2 Å². The van der Waals surface area contributed by atoms with Crippen molar-refractivity contribution in [2.45, 2.75) is 59.0 Å². The number of hydrogen-bond donors (Lipinski definition) is 1. The first-order chi connectivity index (χ1) is 13.3. The highest BCUT2D eigenvalue weighted by molar-refractivity contribution is 7.92. The topological polar surface area (TPSA) is 66.5 Å². The van der Waals surface area contributed by atoms with Crippen molar-refractivity contribution in [3.63, 3.8) is 0 Å². The third kappa shape index (κ3) is 5.82. The van der Waals surface area contributed by atoms with E-state index >= 15 is 0 Å². The molecule has 29 heavy (non-hydrogen) atoms. The Labute approximate surface area is 175 Å². The Kier molecular flexibility index (Phi) is 6.78. The van der Waals surface area contributed by atoms with Gasteiger partial charge in [0.05, 0.1) is 18.0 Å². The van der Waals surface area contributed by atoms with Gasteiger partial charge in [-0.1, -0.05) is 62.7 Å². The zero-order valence-electron chi connectivity index (χ0n) is 18.4. The predicted octanol–water partition coefficient (Wildman–Crippen LogP) is 4.32. The van der Waals surface area contributed by atoms with Crippen molar-refractivity contribution in [2.24, 2.45) is 0 Å². The fourth-order valence-electron chi connectivity index (χ4n) is 3.19. The maximum absolute atomic E-state index is 12.9. The molecule has 1 N–H and O–H groups in total. The molecule has 0 radical (unpaired) electrons. The van der Waals surface area contributed by atoms with Crippen molar-refractivity contribution in [1.82, 2.24) is 5.32 Å². The fourth-order valence-corrected chi connectivity index (χ4v) is 4.36. The van der Waals surface area contributed by atoms with Crippen LogP contribution in [0.2, 0.25) is 0 Å². The summed E-state index contributed by atoms with van der Waals surface area (Å²) in [6.45, 7) is 11.9. The Morgan fingerprint density at radius 3 is 1.93 bits per heavy atom. The number of carbonyl (C=O) groups excluding carboxylic acids is 1. The Bertz CT molecular complexity index is 943. The molecule has 0 unspecified atom stereocenters. The molecule has 1 amide bonds. The van der Waals surface area contributed by atoms with E-state index in [1.165, 1.54) is 5.56 Å². The van der Waals surface area contributed by atoms with Gasteiger partial charge in [-0.2, -0.15) is 0 Å². The van der Waals surface area contributed by atoms with E-state index in [9.17, 15) is 13.2 Å². The molecular weight excluding hydrogens is 384 g/mol. The molecule has 158 valence electrons. The van der Waals surface area contributed by atoms with E-state index in [-0.39, 0.29) is 17.4 Å². The predicted molar refractivity (Wildman–Crippen MR) is 120 cm³/mol. The van der Waals surface area contributed by atoms with Crippen molar-refractivity contribution in [2.75, 3.05) is 10.6 Å². The lowest BCUT2D eigenvalue weighted by molar-refractivity contribution is -0.122. The number of rotatable bonds is 6. The zero-order chi connectivity index (χ0) is 22.0. The first-order valence-electron chi connectivity index (χ1n) is 9.77. The summed E-state index contributed by atoms with van der Waals surface area (Å²) in [7, 11) is -3.62. The number of hydrogen-bond acceptors (Lipinski definition) is 3. The summed E-state index contributed by atoms with van der Waals surface area (Å²) in [5, 5.41) is 2.94. The number of benzene rings is 2. The van der Waals surface area contributed by atoms with Gasteiger partial charge in [-0.3, -0.25) is 9.10 Å². The Balaban J connectivity index is 2.19. The van der Waals surface area contributed by atoms with Crippen molar-refractivity contribution >= 4 is 21.6 Å². The van der Waals surface area contributed by atoms with E-state index in [0.29, 0.717) is 5.69 Å². The van der Waals surface area contributed by atoms with E-state index in [4.69, 9.17) is 0 Å². The van der Waals surface area contributed by atoms with Gasteiger partial charge in [0.2, 0.25) is 15.9 Å². The van der Waals surface area contributed by atoms with Crippen LogP contribution in [-0.4, -0.2) is 26.6 Å². The standard InChI is InChI=1S/C23H32N2O3S/c1-16-8-14-21(15-9-16)25(29(7,27)28)18(3)22(26)24-17(2)19-10-12-20(13-11-19)23(4,5)6/h8-15,17-18H,1-7H3,(H,24,26)/t17-,18+/m0/s1. The molecule has 2 atom stereocenters. The van der Waals surface area contributed by atoms with Gasteiger partial charge in [-0.25, -0.2) is 8.42 Å². The molecule has 0 aliphatic rings. The molecule has 0 fully saturated rings. The molecule has 0 aliphatic heterocycles. The molecule has 2 aromatic carbocycles. The van der Waals surface area contributed by atoms with Crippen LogP contribution in [0.1, 0.15) is 57.4 Å². The zero-order valence-corrected chi connectivity index (χ0v) is 19.2. The molecule has 0 aliphatic carbocycles. The Morgan fingerprint density at radius 2 is 1.48 bits per heavy atom. The van der Waals surface area contributed by atoms with Crippen molar-refractivity contribution in [1.29, 1.82) is 0 Å². The minimum Gasteiger partial charge on any atom is -0.348 e. The quantitative estimate of drug-likeness (QED) is 0.762. The maximum atomic E-state index is 12.9. The molecule has 0 spiro atoms. The van der Waals surface area contributed by atoms with Gasteiger partial charge >= 0.3 is 0 Å². The third-order valence-corrected chi connectivity index (χ3v) is 6.25. The number of nitrogens with zero attached hydrogens (tertiary/aromatic N) is 1.